The Hall–Kier alpha value is -3.69. The first-order chi connectivity index (χ1) is 15.2. The summed E-state index contributed by atoms with van der Waals surface area (Å²) >= 11 is 0. The van der Waals surface area contributed by atoms with Gasteiger partial charge in [0.2, 0.25) is 0 Å². The number of amides is 1. The predicted octanol–water partition coefficient (Wildman–Crippen LogP) is 4.03. The lowest BCUT2D eigenvalue weighted by molar-refractivity contribution is -0.137. The maximum atomic E-state index is 12.9. The number of hydrogen-bond donors (Lipinski definition) is 2. The molecule has 3 heterocycles. The molecule has 1 fully saturated rings. The quantitative estimate of drug-likeness (QED) is 0.633. The molecule has 1 aliphatic heterocycles. The predicted molar refractivity (Wildman–Crippen MR) is 114 cm³/mol. The van der Waals surface area contributed by atoms with Crippen LogP contribution in [0.15, 0.2) is 49.1 Å². The Morgan fingerprint density at radius 1 is 1.19 bits per heavy atom. The van der Waals surface area contributed by atoms with Gasteiger partial charge in [0.15, 0.2) is 11.6 Å². The van der Waals surface area contributed by atoms with Gasteiger partial charge in [0.05, 0.1) is 17.4 Å². The highest BCUT2D eigenvalue weighted by molar-refractivity contribution is 6.04. The number of benzene rings is 1. The zero-order valence-electron chi connectivity index (χ0n) is 17.2. The summed E-state index contributed by atoms with van der Waals surface area (Å²) < 4.78 is 38.7. The van der Waals surface area contributed by atoms with Crippen molar-refractivity contribution in [2.75, 3.05) is 29.0 Å². The van der Waals surface area contributed by atoms with Crippen LogP contribution in [0.5, 0.6) is 0 Å². The maximum absolute atomic E-state index is 12.9. The van der Waals surface area contributed by atoms with E-state index in [1.54, 1.807) is 24.5 Å². The zero-order chi connectivity index (χ0) is 22.9. The molecule has 1 aromatic carbocycles. The van der Waals surface area contributed by atoms with Gasteiger partial charge in [-0.2, -0.15) is 13.2 Å². The molecule has 0 radical (unpaired) electrons. The van der Waals surface area contributed by atoms with Crippen molar-refractivity contribution in [3.8, 4) is 0 Å². The van der Waals surface area contributed by atoms with Crippen LogP contribution in [0.25, 0.3) is 0 Å². The lowest BCUT2D eigenvalue weighted by atomic mass is 9.92. The maximum Gasteiger partial charge on any atom is 0.417 e. The Bertz CT molecular complexity index is 1150. The van der Waals surface area contributed by atoms with Gasteiger partial charge in [-0.25, -0.2) is 9.97 Å². The molecule has 166 valence electrons. The molecule has 32 heavy (non-hydrogen) atoms. The van der Waals surface area contributed by atoms with E-state index in [2.05, 4.69) is 25.2 Å². The molecule has 3 aromatic rings. The summed E-state index contributed by atoms with van der Waals surface area (Å²) in [6, 6.07) is 6.15. The van der Waals surface area contributed by atoms with Crippen LogP contribution in [0.4, 0.5) is 30.5 Å². The van der Waals surface area contributed by atoms with Gasteiger partial charge in [0.1, 0.15) is 0 Å². The number of nitrogens with zero attached hydrogens (tertiary/aromatic N) is 4. The number of anilines is 3. The second-order valence-corrected chi connectivity index (χ2v) is 7.68. The lowest BCUT2D eigenvalue weighted by Gasteiger charge is -2.19. The lowest BCUT2D eigenvalue weighted by Crippen LogP contribution is -2.22. The summed E-state index contributed by atoms with van der Waals surface area (Å²) in [6.45, 7) is 3.39. The average Bonchev–Trinajstić information content (AvgIpc) is 3.23. The minimum atomic E-state index is -4.54. The van der Waals surface area contributed by atoms with Gasteiger partial charge in [0, 0.05) is 43.2 Å². The fourth-order valence-corrected chi connectivity index (χ4v) is 3.88. The number of pyridine rings is 1. The number of nitrogens with one attached hydrogen (secondary N) is 1. The molecule has 1 atom stereocenters. The molecule has 2 aromatic heterocycles. The number of rotatable bonds is 4. The van der Waals surface area contributed by atoms with Crippen molar-refractivity contribution in [2.45, 2.75) is 25.4 Å². The van der Waals surface area contributed by atoms with E-state index in [-0.39, 0.29) is 11.6 Å². The number of halogens is 3. The number of aryl methyl sites for hydroxylation is 1. The number of nitrogen functional groups attached to an aromatic ring is 1. The molecule has 0 aliphatic carbocycles. The number of carbonyl (C=O) groups is 1. The van der Waals surface area contributed by atoms with E-state index in [1.165, 1.54) is 6.20 Å². The summed E-state index contributed by atoms with van der Waals surface area (Å²) in [5, 5.41) is 2.50. The second-order valence-electron chi connectivity index (χ2n) is 7.68. The smallest absolute Gasteiger partial charge is 0.381 e. The summed E-state index contributed by atoms with van der Waals surface area (Å²) in [6.07, 6.45) is 1.35. The number of alkyl halides is 3. The summed E-state index contributed by atoms with van der Waals surface area (Å²) in [5.74, 6) is 0.658. The first-order valence-electron chi connectivity index (χ1n) is 9.98. The Labute approximate surface area is 182 Å². The third-order valence-electron chi connectivity index (χ3n) is 5.50. The van der Waals surface area contributed by atoms with E-state index in [0.29, 0.717) is 23.7 Å². The molecule has 0 saturated carbocycles. The van der Waals surface area contributed by atoms with Gasteiger partial charge in [0.25, 0.3) is 5.91 Å². The van der Waals surface area contributed by atoms with E-state index in [9.17, 15) is 18.0 Å². The van der Waals surface area contributed by atoms with Crippen molar-refractivity contribution in [3.63, 3.8) is 0 Å². The van der Waals surface area contributed by atoms with Gasteiger partial charge in [-0.15, -0.1) is 0 Å². The summed E-state index contributed by atoms with van der Waals surface area (Å²) in [7, 11) is 0. The Morgan fingerprint density at radius 3 is 2.72 bits per heavy atom. The Kier molecular flexibility index (Phi) is 5.68. The number of aromatic nitrogens is 3. The third kappa shape index (κ3) is 4.48. The molecule has 10 heteroatoms. The second kappa shape index (κ2) is 8.45. The van der Waals surface area contributed by atoms with Crippen molar-refractivity contribution in [2.24, 2.45) is 0 Å². The molecule has 0 spiro atoms. The van der Waals surface area contributed by atoms with Crippen LogP contribution in [0.2, 0.25) is 0 Å². The van der Waals surface area contributed by atoms with E-state index < -0.39 is 17.6 Å². The van der Waals surface area contributed by atoms with Crippen molar-refractivity contribution in [3.05, 3.63) is 71.3 Å². The van der Waals surface area contributed by atoms with Gasteiger partial charge < -0.3 is 16.0 Å². The number of hydrogen-bond acceptors (Lipinski definition) is 6. The van der Waals surface area contributed by atoms with Crippen LogP contribution in [0.1, 0.15) is 39.4 Å². The fourth-order valence-electron chi connectivity index (χ4n) is 3.88. The largest absolute Gasteiger partial charge is 0.417 e. The van der Waals surface area contributed by atoms with Crippen LogP contribution >= 0.6 is 0 Å². The van der Waals surface area contributed by atoms with E-state index in [4.69, 9.17) is 5.73 Å². The summed E-state index contributed by atoms with van der Waals surface area (Å²) in [4.78, 5) is 26.8. The fraction of sp³-hybridized carbons (Fsp3) is 0.273. The minimum absolute atomic E-state index is 0.0166. The molecule has 0 bridgehead atoms. The Balaban J connectivity index is 1.52. The van der Waals surface area contributed by atoms with Crippen molar-refractivity contribution < 1.29 is 18.0 Å². The van der Waals surface area contributed by atoms with E-state index >= 15 is 0 Å². The van der Waals surface area contributed by atoms with Crippen molar-refractivity contribution in [1.82, 2.24) is 15.0 Å². The number of nitrogens with two attached hydrogens (primary N) is 1. The molecule has 4 rings (SSSR count). The van der Waals surface area contributed by atoms with Gasteiger partial charge >= 0.3 is 6.18 Å². The van der Waals surface area contributed by atoms with Crippen molar-refractivity contribution in [1.29, 1.82) is 0 Å². The standard InChI is InChI=1S/C22H21F3N6O/c1-13-2-3-14(21(32)30-17-9-16(10-27-11-17)22(23,24)25)8-18(13)15-4-7-31(12-15)20-19(26)28-5-6-29-20/h2-3,5-6,8-11,15H,4,7,12H2,1H3,(H2,26,28)(H,30,32)/t15-/m1/s1. The molecular weight excluding hydrogens is 421 g/mol. The molecular formula is C22H21F3N6O. The highest BCUT2D eigenvalue weighted by atomic mass is 19.4. The third-order valence-corrected chi connectivity index (χ3v) is 5.50. The molecule has 3 N–H and O–H groups in total. The molecule has 0 unspecified atom stereocenters. The highest BCUT2D eigenvalue weighted by Gasteiger charge is 2.31. The minimum Gasteiger partial charge on any atom is -0.381 e. The zero-order valence-corrected chi connectivity index (χ0v) is 17.2. The molecule has 1 amide bonds. The highest BCUT2D eigenvalue weighted by Crippen LogP contribution is 2.34. The van der Waals surface area contributed by atoms with E-state index in [1.807, 2.05) is 13.0 Å². The average molecular weight is 442 g/mol. The van der Waals surface area contributed by atoms with Crippen LogP contribution in [0, 0.1) is 6.92 Å². The molecule has 1 aliphatic rings. The van der Waals surface area contributed by atoms with Crippen LogP contribution < -0.4 is 16.0 Å². The van der Waals surface area contributed by atoms with Crippen molar-refractivity contribution >= 4 is 23.2 Å². The molecule has 1 saturated heterocycles. The monoisotopic (exact) mass is 442 g/mol. The summed E-state index contributed by atoms with van der Waals surface area (Å²) in [5.41, 5.74) is 7.40. The van der Waals surface area contributed by atoms with Crippen LogP contribution in [-0.4, -0.2) is 33.9 Å². The van der Waals surface area contributed by atoms with Gasteiger partial charge in [-0.1, -0.05) is 6.07 Å². The Morgan fingerprint density at radius 2 is 1.97 bits per heavy atom. The van der Waals surface area contributed by atoms with Crippen LogP contribution in [-0.2, 0) is 6.18 Å². The SMILES string of the molecule is Cc1ccc(C(=O)Nc2cncc(C(F)(F)F)c2)cc1[C@@H]1CCN(c2nccnc2N)C1. The first-order valence-corrected chi connectivity index (χ1v) is 9.98. The van der Waals surface area contributed by atoms with Gasteiger partial charge in [-0.05, 0) is 42.7 Å². The molecule has 7 nitrogen and oxygen atoms in total. The normalized spacial score (nSPS) is 16.2. The van der Waals surface area contributed by atoms with E-state index in [0.717, 1.165) is 36.4 Å². The van der Waals surface area contributed by atoms with Gasteiger partial charge in [-0.3, -0.25) is 9.78 Å². The van der Waals surface area contributed by atoms with Crippen LogP contribution in [0.3, 0.4) is 0 Å². The number of carbonyl (C=O) groups excluding carboxylic acids is 1. The topological polar surface area (TPSA) is 97.0 Å². The first kappa shape index (κ1) is 21.5.